The predicted octanol–water partition coefficient (Wildman–Crippen LogP) is 5.13. The maximum Gasteiger partial charge on any atom is 0.227 e. The summed E-state index contributed by atoms with van der Waals surface area (Å²) >= 11 is 0. The minimum atomic E-state index is -0.350. The van der Waals surface area contributed by atoms with E-state index in [1.807, 2.05) is 24.3 Å². The highest BCUT2D eigenvalue weighted by molar-refractivity contribution is 6.00. The van der Waals surface area contributed by atoms with Gasteiger partial charge in [0.15, 0.2) is 0 Å². The second-order valence-corrected chi connectivity index (χ2v) is 9.08. The van der Waals surface area contributed by atoms with Gasteiger partial charge in [-0.25, -0.2) is 0 Å². The summed E-state index contributed by atoms with van der Waals surface area (Å²) in [7, 11) is 2.98. The van der Waals surface area contributed by atoms with Crippen molar-refractivity contribution in [1.29, 1.82) is 0 Å². The number of rotatable bonds is 9. The van der Waals surface area contributed by atoms with Gasteiger partial charge in [-0.3, -0.25) is 19.4 Å². The first-order valence-corrected chi connectivity index (χ1v) is 12.5. The normalized spacial score (nSPS) is 13.6. The highest BCUT2D eigenvalue weighted by atomic mass is 16.5. The SMILES string of the molecule is COc1cc(NC(=O)C2CCCCC2)c(OC)cc1NC(=O)CCC(=O)Nc1ccc2ncccc2c1. The first-order valence-electron chi connectivity index (χ1n) is 12.5. The fourth-order valence-electron chi connectivity index (χ4n) is 4.51. The van der Waals surface area contributed by atoms with Crippen LogP contribution < -0.4 is 25.4 Å². The number of pyridine rings is 1. The number of benzene rings is 2. The van der Waals surface area contributed by atoms with Crippen LogP contribution in [0.5, 0.6) is 11.5 Å². The molecule has 1 aromatic heterocycles. The average molecular weight is 505 g/mol. The lowest BCUT2D eigenvalue weighted by Gasteiger charge is -2.22. The van der Waals surface area contributed by atoms with Crippen LogP contribution in [0.15, 0.2) is 48.7 Å². The van der Waals surface area contributed by atoms with Crippen LogP contribution >= 0.6 is 0 Å². The number of hydrogen-bond acceptors (Lipinski definition) is 6. The Morgan fingerprint density at radius 2 is 1.49 bits per heavy atom. The Balaban J connectivity index is 1.35. The number of carbonyl (C=O) groups is 3. The Kier molecular flexibility index (Phi) is 8.56. The lowest BCUT2D eigenvalue weighted by molar-refractivity contribution is -0.121. The monoisotopic (exact) mass is 504 g/mol. The largest absolute Gasteiger partial charge is 0.494 e. The zero-order valence-corrected chi connectivity index (χ0v) is 21.1. The van der Waals surface area contributed by atoms with Crippen LogP contribution in [0.1, 0.15) is 44.9 Å². The Labute approximate surface area is 215 Å². The van der Waals surface area contributed by atoms with E-state index in [1.165, 1.54) is 14.2 Å². The molecule has 2 aromatic carbocycles. The Morgan fingerprint density at radius 3 is 2.16 bits per heavy atom. The van der Waals surface area contributed by atoms with E-state index in [1.54, 1.807) is 24.4 Å². The molecule has 3 aromatic rings. The van der Waals surface area contributed by atoms with Crippen LogP contribution in [0.25, 0.3) is 10.9 Å². The molecule has 0 atom stereocenters. The zero-order valence-electron chi connectivity index (χ0n) is 21.1. The lowest BCUT2D eigenvalue weighted by atomic mass is 9.88. The van der Waals surface area contributed by atoms with Crippen molar-refractivity contribution in [3.63, 3.8) is 0 Å². The summed E-state index contributed by atoms with van der Waals surface area (Å²) in [6, 6.07) is 12.4. The first-order chi connectivity index (χ1) is 18.0. The van der Waals surface area contributed by atoms with Gasteiger partial charge in [0.1, 0.15) is 11.5 Å². The molecule has 0 saturated heterocycles. The fourth-order valence-corrected chi connectivity index (χ4v) is 4.51. The summed E-state index contributed by atoms with van der Waals surface area (Å²) in [4.78, 5) is 42.0. The van der Waals surface area contributed by atoms with Crippen LogP contribution in [0.2, 0.25) is 0 Å². The molecular formula is C28H32N4O5. The van der Waals surface area contributed by atoms with Crippen LogP contribution in [0.3, 0.4) is 0 Å². The van der Waals surface area contributed by atoms with Crippen LogP contribution in [-0.2, 0) is 14.4 Å². The quantitative estimate of drug-likeness (QED) is 0.372. The smallest absolute Gasteiger partial charge is 0.227 e. The number of ether oxygens (including phenoxy) is 2. The Morgan fingerprint density at radius 1 is 0.838 bits per heavy atom. The van der Waals surface area contributed by atoms with Crippen LogP contribution in [-0.4, -0.2) is 36.9 Å². The molecule has 9 nitrogen and oxygen atoms in total. The van der Waals surface area contributed by atoms with Crippen LogP contribution in [0, 0.1) is 5.92 Å². The maximum atomic E-state index is 12.7. The maximum absolute atomic E-state index is 12.7. The minimum absolute atomic E-state index is 0.00584. The third kappa shape index (κ3) is 6.75. The van der Waals surface area contributed by atoms with Crippen molar-refractivity contribution in [1.82, 2.24) is 4.98 Å². The topological polar surface area (TPSA) is 119 Å². The summed E-state index contributed by atoms with van der Waals surface area (Å²) in [6.45, 7) is 0. The molecule has 1 saturated carbocycles. The Hall–Kier alpha value is -4.14. The van der Waals surface area contributed by atoms with Gasteiger partial charge in [0.05, 0.1) is 31.1 Å². The van der Waals surface area contributed by atoms with Crippen molar-refractivity contribution in [3.8, 4) is 11.5 Å². The molecule has 1 fully saturated rings. The molecule has 0 bridgehead atoms. The van der Waals surface area contributed by atoms with Gasteiger partial charge in [-0.2, -0.15) is 0 Å². The zero-order chi connectivity index (χ0) is 26.2. The summed E-state index contributed by atoms with van der Waals surface area (Å²) in [5, 5.41) is 9.46. The Bertz CT molecular complexity index is 1290. The summed E-state index contributed by atoms with van der Waals surface area (Å²) in [6.07, 6.45) is 6.74. The van der Waals surface area contributed by atoms with E-state index in [9.17, 15) is 14.4 Å². The standard InChI is InChI=1S/C28H32N4O5/c1-36-24-17-23(32-28(35)18-7-4-3-5-8-18)25(37-2)16-22(24)31-27(34)13-12-26(33)30-20-10-11-21-19(15-20)9-6-14-29-21/h6,9-11,14-18H,3-5,7-8,12-13H2,1-2H3,(H,30,33)(H,31,34)(H,32,35). The van der Waals surface area contributed by atoms with Gasteiger partial charge in [0, 0.05) is 48.2 Å². The number of amides is 3. The van der Waals surface area contributed by atoms with Gasteiger partial charge in [0.2, 0.25) is 17.7 Å². The van der Waals surface area contributed by atoms with E-state index < -0.39 is 0 Å². The van der Waals surface area contributed by atoms with Gasteiger partial charge in [-0.15, -0.1) is 0 Å². The molecule has 3 amide bonds. The van der Waals surface area contributed by atoms with E-state index in [0.717, 1.165) is 43.0 Å². The highest BCUT2D eigenvalue weighted by Gasteiger charge is 2.23. The molecule has 194 valence electrons. The fraction of sp³-hybridized carbons (Fsp3) is 0.357. The molecule has 4 rings (SSSR count). The number of nitrogens with one attached hydrogen (secondary N) is 3. The third-order valence-corrected chi connectivity index (χ3v) is 6.50. The lowest BCUT2D eigenvalue weighted by Crippen LogP contribution is -2.25. The molecule has 0 aliphatic heterocycles. The molecule has 9 heteroatoms. The molecular weight excluding hydrogens is 472 g/mol. The number of anilines is 3. The molecule has 0 radical (unpaired) electrons. The number of methoxy groups -OCH3 is 2. The van der Waals surface area contributed by atoms with Crippen LogP contribution in [0.4, 0.5) is 17.1 Å². The molecule has 0 spiro atoms. The van der Waals surface area contributed by atoms with Crippen molar-refractivity contribution in [3.05, 3.63) is 48.7 Å². The summed E-state index contributed by atoms with van der Waals surface area (Å²) < 4.78 is 10.9. The van der Waals surface area contributed by atoms with E-state index in [2.05, 4.69) is 20.9 Å². The van der Waals surface area contributed by atoms with Crippen molar-refractivity contribution < 1.29 is 23.9 Å². The number of hydrogen-bond donors (Lipinski definition) is 3. The van der Waals surface area contributed by atoms with Crippen molar-refractivity contribution in [2.45, 2.75) is 44.9 Å². The van der Waals surface area contributed by atoms with Gasteiger partial charge < -0.3 is 25.4 Å². The third-order valence-electron chi connectivity index (χ3n) is 6.50. The van der Waals surface area contributed by atoms with E-state index >= 15 is 0 Å². The van der Waals surface area contributed by atoms with E-state index in [4.69, 9.17) is 9.47 Å². The summed E-state index contributed by atoms with van der Waals surface area (Å²) in [5.41, 5.74) is 2.35. The van der Waals surface area contributed by atoms with E-state index in [0.29, 0.717) is 28.6 Å². The second-order valence-electron chi connectivity index (χ2n) is 9.08. The van der Waals surface area contributed by atoms with Crippen molar-refractivity contribution in [2.24, 2.45) is 5.92 Å². The molecule has 3 N–H and O–H groups in total. The highest BCUT2D eigenvalue weighted by Crippen LogP contribution is 2.37. The van der Waals surface area contributed by atoms with Crippen molar-refractivity contribution in [2.75, 3.05) is 30.2 Å². The number of aromatic nitrogens is 1. The summed E-state index contributed by atoms with van der Waals surface area (Å²) in [5.74, 6) is 0.110. The van der Waals surface area contributed by atoms with E-state index in [-0.39, 0.29) is 36.5 Å². The number of nitrogens with zero attached hydrogens (tertiary/aromatic N) is 1. The van der Waals surface area contributed by atoms with Gasteiger partial charge >= 0.3 is 0 Å². The molecule has 1 aliphatic carbocycles. The predicted molar refractivity (Wildman–Crippen MR) is 143 cm³/mol. The molecule has 37 heavy (non-hydrogen) atoms. The van der Waals surface area contributed by atoms with Gasteiger partial charge in [-0.05, 0) is 37.1 Å². The molecule has 1 aliphatic rings. The first kappa shape index (κ1) is 25.9. The van der Waals surface area contributed by atoms with Gasteiger partial charge in [-0.1, -0.05) is 25.3 Å². The second kappa shape index (κ2) is 12.2. The van der Waals surface area contributed by atoms with Crippen molar-refractivity contribution >= 4 is 45.7 Å². The molecule has 0 unspecified atom stereocenters. The average Bonchev–Trinajstić information content (AvgIpc) is 2.92. The number of fused-ring (bicyclic) bond motifs is 1. The van der Waals surface area contributed by atoms with Gasteiger partial charge in [0.25, 0.3) is 0 Å². The molecule has 1 heterocycles. The minimum Gasteiger partial charge on any atom is -0.494 e. The number of carbonyl (C=O) groups excluding carboxylic acids is 3.